The Morgan fingerprint density at radius 1 is 0.875 bits per heavy atom. The molecule has 0 atom stereocenters. The van der Waals surface area contributed by atoms with Crippen LogP contribution in [0.2, 0.25) is 0 Å². The van der Waals surface area contributed by atoms with E-state index in [0.717, 1.165) is 15.1 Å². The second-order valence-corrected chi connectivity index (χ2v) is 4.28. The van der Waals surface area contributed by atoms with Crippen molar-refractivity contribution >= 4 is 22.6 Å². The molecule has 90 valence electrons. The molecule has 1 aromatic rings. The van der Waals surface area contributed by atoms with Crippen LogP contribution in [-0.2, 0) is 0 Å². The molecule has 1 rings (SSSR count). The van der Waals surface area contributed by atoms with Crippen molar-refractivity contribution in [1.82, 2.24) is 0 Å². The van der Waals surface area contributed by atoms with Crippen molar-refractivity contribution in [1.29, 1.82) is 0 Å². The van der Waals surface area contributed by atoms with Crippen LogP contribution < -0.4 is 14.2 Å². The predicted octanol–water partition coefficient (Wildman–Crippen LogP) is 3.49. The van der Waals surface area contributed by atoms with Gasteiger partial charge in [0.2, 0.25) is 5.75 Å². The maximum Gasteiger partial charge on any atom is 0.203 e. The van der Waals surface area contributed by atoms with Gasteiger partial charge in [0.15, 0.2) is 11.5 Å². The largest absolute Gasteiger partial charge is 0.490 e. The van der Waals surface area contributed by atoms with Crippen LogP contribution in [0.4, 0.5) is 0 Å². The third-order valence-electron chi connectivity index (χ3n) is 1.87. The molecule has 0 heterocycles. The summed E-state index contributed by atoms with van der Waals surface area (Å²) in [5.41, 5.74) is 0. The van der Waals surface area contributed by atoms with Gasteiger partial charge in [0.05, 0.1) is 19.8 Å². The van der Waals surface area contributed by atoms with Crippen LogP contribution in [0.15, 0.2) is 12.1 Å². The van der Waals surface area contributed by atoms with E-state index in [1.807, 2.05) is 32.9 Å². The topological polar surface area (TPSA) is 27.7 Å². The molecule has 0 radical (unpaired) electrons. The second kappa shape index (κ2) is 6.83. The molecular weight excluding hydrogens is 319 g/mol. The fraction of sp³-hybridized carbons (Fsp3) is 0.500. The first-order valence-corrected chi connectivity index (χ1v) is 6.52. The Kier molecular flexibility index (Phi) is 5.73. The Morgan fingerprint density at radius 2 is 1.31 bits per heavy atom. The molecule has 0 saturated carbocycles. The van der Waals surface area contributed by atoms with E-state index in [9.17, 15) is 0 Å². The molecule has 4 heteroatoms. The molecule has 0 unspecified atom stereocenters. The maximum absolute atomic E-state index is 5.57. The summed E-state index contributed by atoms with van der Waals surface area (Å²) in [5, 5.41) is 0. The first-order valence-electron chi connectivity index (χ1n) is 5.44. The zero-order valence-corrected chi connectivity index (χ0v) is 12.0. The quantitative estimate of drug-likeness (QED) is 0.745. The number of rotatable bonds is 6. The molecule has 0 fully saturated rings. The van der Waals surface area contributed by atoms with Crippen LogP contribution in [0.5, 0.6) is 17.2 Å². The average molecular weight is 336 g/mol. The Bertz CT molecular complexity index is 312. The van der Waals surface area contributed by atoms with Crippen LogP contribution in [0.25, 0.3) is 0 Å². The van der Waals surface area contributed by atoms with Crippen molar-refractivity contribution < 1.29 is 14.2 Å². The standard InChI is InChI=1S/C12H17IO3/c1-4-14-10-7-9(13)8-11(15-5-2)12(10)16-6-3/h7-8H,4-6H2,1-3H3. The molecule has 0 bridgehead atoms. The number of benzene rings is 1. The zero-order chi connectivity index (χ0) is 12.0. The van der Waals surface area contributed by atoms with Crippen molar-refractivity contribution in [3.05, 3.63) is 15.7 Å². The highest BCUT2D eigenvalue weighted by Crippen LogP contribution is 2.39. The lowest BCUT2D eigenvalue weighted by Gasteiger charge is -2.15. The van der Waals surface area contributed by atoms with E-state index in [0.29, 0.717) is 25.6 Å². The number of ether oxygens (including phenoxy) is 3. The van der Waals surface area contributed by atoms with Gasteiger partial charge < -0.3 is 14.2 Å². The normalized spacial score (nSPS) is 10.0. The van der Waals surface area contributed by atoms with E-state index >= 15 is 0 Å². The minimum atomic E-state index is 0.598. The van der Waals surface area contributed by atoms with Crippen LogP contribution in [0.1, 0.15) is 20.8 Å². The highest BCUT2D eigenvalue weighted by Gasteiger charge is 2.13. The Hall–Kier alpha value is -0.650. The summed E-state index contributed by atoms with van der Waals surface area (Å²) < 4.78 is 17.7. The van der Waals surface area contributed by atoms with Gasteiger partial charge in [0.1, 0.15) is 0 Å². The van der Waals surface area contributed by atoms with Crippen molar-refractivity contribution in [2.24, 2.45) is 0 Å². The van der Waals surface area contributed by atoms with E-state index in [-0.39, 0.29) is 0 Å². The monoisotopic (exact) mass is 336 g/mol. The van der Waals surface area contributed by atoms with Crippen LogP contribution in [0, 0.1) is 3.57 Å². The maximum atomic E-state index is 5.57. The first kappa shape index (κ1) is 13.4. The van der Waals surface area contributed by atoms with Gasteiger partial charge in [-0.3, -0.25) is 0 Å². The van der Waals surface area contributed by atoms with Gasteiger partial charge in [-0.1, -0.05) is 0 Å². The van der Waals surface area contributed by atoms with E-state index in [1.54, 1.807) is 0 Å². The summed E-state index contributed by atoms with van der Waals surface area (Å²) in [7, 11) is 0. The lowest BCUT2D eigenvalue weighted by atomic mass is 10.3. The summed E-state index contributed by atoms with van der Waals surface area (Å²) in [4.78, 5) is 0. The summed E-state index contributed by atoms with van der Waals surface area (Å²) >= 11 is 2.24. The molecular formula is C12H17IO3. The fourth-order valence-corrected chi connectivity index (χ4v) is 1.92. The van der Waals surface area contributed by atoms with Crippen molar-refractivity contribution in [2.75, 3.05) is 19.8 Å². The molecule has 0 aliphatic heterocycles. The number of halogens is 1. The van der Waals surface area contributed by atoms with Gasteiger partial charge in [-0.05, 0) is 55.5 Å². The van der Waals surface area contributed by atoms with Crippen molar-refractivity contribution in [2.45, 2.75) is 20.8 Å². The third-order valence-corrected chi connectivity index (χ3v) is 2.50. The molecule has 0 aliphatic carbocycles. The highest BCUT2D eigenvalue weighted by atomic mass is 127. The van der Waals surface area contributed by atoms with Gasteiger partial charge in [-0.25, -0.2) is 0 Å². The minimum Gasteiger partial charge on any atom is -0.490 e. The molecule has 0 aromatic heterocycles. The molecule has 0 saturated heterocycles. The average Bonchev–Trinajstić information content (AvgIpc) is 2.24. The smallest absolute Gasteiger partial charge is 0.203 e. The Labute approximate surface area is 110 Å². The lowest BCUT2D eigenvalue weighted by molar-refractivity contribution is 0.260. The van der Waals surface area contributed by atoms with Crippen LogP contribution in [-0.4, -0.2) is 19.8 Å². The van der Waals surface area contributed by atoms with Gasteiger partial charge in [-0.15, -0.1) is 0 Å². The minimum absolute atomic E-state index is 0.598. The molecule has 0 spiro atoms. The van der Waals surface area contributed by atoms with Gasteiger partial charge in [0.25, 0.3) is 0 Å². The van der Waals surface area contributed by atoms with Gasteiger partial charge in [0, 0.05) is 3.57 Å². The van der Waals surface area contributed by atoms with Gasteiger partial charge >= 0.3 is 0 Å². The zero-order valence-electron chi connectivity index (χ0n) is 9.88. The third kappa shape index (κ3) is 3.43. The fourth-order valence-electron chi connectivity index (χ4n) is 1.36. The molecule has 16 heavy (non-hydrogen) atoms. The van der Waals surface area contributed by atoms with E-state index < -0.39 is 0 Å². The Balaban J connectivity index is 3.12. The molecule has 1 aromatic carbocycles. The number of hydrogen-bond donors (Lipinski definition) is 0. The van der Waals surface area contributed by atoms with Crippen LogP contribution in [0.3, 0.4) is 0 Å². The van der Waals surface area contributed by atoms with Crippen molar-refractivity contribution in [3.63, 3.8) is 0 Å². The van der Waals surface area contributed by atoms with Crippen molar-refractivity contribution in [3.8, 4) is 17.2 Å². The second-order valence-electron chi connectivity index (χ2n) is 3.03. The molecule has 0 amide bonds. The lowest BCUT2D eigenvalue weighted by Crippen LogP contribution is -2.02. The molecule has 3 nitrogen and oxygen atoms in total. The predicted molar refractivity (Wildman–Crippen MR) is 72.7 cm³/mol. The van der Waals surface area contributed by atoms with E-state index in [1.165, 1.54) is 0 Å². The van der Waals surface area contributed by atoms with Gasteiger partial charge in [-0.2, -0.15) is 0 Å². The summed E-state index contributed by atoms with van der Waals surface area (Å²) in [5.74, 6) is 2.20. The Morgan fingerprint density at radius 3 is 1.69 bits per heavy atom. The first-order chi connectivity index (χ1) is 7.72. The van der Waals surface area contributed by atoms with E-state index in [2.05, 4.69) is 22.6 Å². The SMILES string of the molecule is CCOc1cc(I)cc(OCC)c1OCC. The molecule has 0 N–H and O–H groups in total. The molecule has 0 aliphatic rings. The number of hydrogen-bond acceptors (Lipinski definition) is 3. The summed E-state index contributed by atoms with van der Waals surface area (Å²) in [6.45, 7) is 7.69. The van der Waals surface area contributed by atoms with E-state index in [4.69, 9.17) is 14.2 Å². The highest BCUT2D eigenvalue weighted by molar-refractivity contribution is 14.1. The summed E-state index contributed by atoms with van der Waals surface area (Å²) in [6, 6.07) is 3.91. The summed E-state index contributed by atoms with van der Waals surface area (Å²) in [6.07, 6.45) is 0. The van der Waals surface area contributed by atoms with Crippen LogP contribution >= 0.6 is 22.6 Å².